The first kappa shape index (κ1) is 12.8. The second kappa shape index (κ2) is 4.84. The summed E-state index contributed by atoms with van der Waals surface area (Å²) >= 11 is 0. The highest BCUT2D eigenvalue weighted by Gasteiger charge is 2.50. The molecule has 4 rings (SSSR count). The Kier molecular flexibility index (Phi) is 2.95. The maximum atomic E-state index is 2.49. The van der Waals surface area contributed by atoms with E-state index in [2.05, 4.69) is 66.1 Å². The molecular weight excluding hydrogens is 254 g/mol. The summed E-state index contributed by atoms with van der Waals surface area (Å²) in [6, 6.07) is 19.8. The van der Waals surface area contributed by atoms with Crippen LogP contribution in [0.25, 0.3) is 0 Å². The van der Waals surface area contributed by atoms with E-state index in [0.29, 0.717) is 0 Å². The summed E-state index contributed by atoms with van der Waals surface area (Å²) in [5.74, 6) is 0. The van der Waals surface area contributed by atoms with Crippen molar-refractivity contribution in [2.75, 3.05) is 0 Å². The van der Waals surface area contributed by atoms with Gasteiger partial charge in [-0.25, -0.2) is 0 Å². The summed E-state index contributed by atoms with van der Waals surface area (Å²) in [7, 11) is 0. The number of rotatable bonds is 1. The molecule has 0 N–H and O–H groups in total. The van der Waals surface area contributed by atoms with Crippen LogP contribution in [-0.2, 0) is 5.41 Å². The van der Waals surface area contributed by atoms with Crippen molar-refractivity contribution in [3.63, 3.8) is 0 Å². The fourth-order valence-corrected chi connectivity index (χ4v) is 4.36. The van der Waals surface area contributed by atoms with Crippen LogP contribution in [0.1, 0.15) is 44.6 Å². The molecule has 21 heavy (non-hydrogen) atoms. The Morgan fingerprint density at radius 1 is 0.810 bits per heavy atom. The van der Waals surface area contributed by atoms with Gasteiger partial charge in [0, 0.05) is 30.7 Å². The molecule has 2 aromatic rings. The van der Waals surface area contributed by atoms with Crippen LogP contribution >= 0.6 is 0 Å². The van der Waals surface area contributed by atoms with Crippen molar-refractivity contribution in [1.82, 2.24) is 4.58 Å². The number of hydrogen-bond donors (Lipinski definition) is 0. The first-order valence-corrected chi connectivity index (χ1v) is 8.12. The molecule has 0 aromatic heterocycles. The van der Waals surface area contributed by atoms with Gasteiger partial charge in [-0.3, -0.25) is 0 Å². The van der Waals surface area contributed by atoms with Gasteiger partial charge in [0.2, 0.25) is 11.4 Å². The zero-order chi connectivity index (χ0) is 14.3. The Morgan fingerprint density at radius 3 is 2.24 bits per heavy atom. The number of fused-ring (bicyclic) bond motifs is 2. The van der Waals surface area contributed by atoms with Crippen LogP contribution in [0.15, 0.2) is 54.6 Å². The lowest BCUT2D eigenvalue weighted by molar-refractivity contribution is 0.384. The average molecular weight is 276 g/mol. The Balaban J connectivity index is 1.97. The van der Waals surface area contributed by atoms with Crippen LogP contribution < -0.4 is 4.58 Å². The molecule has 1 heteroatoms. The molecule has 0 unspecified atom stereocenters. The summed E-state index contributed by atoms with van der Waals surface area (Å²) in [5.41, 5.74) is 6.04. The minimum absolute atomic E-state index is 0.282. The predicted octanol–water partition coefficient (Wildman–Crippen LogP) is 5.20. The lowest BCUT2D eigenvalue weighted by Crippen LogP contribution is -2.35. The minimum atomic E-state index is 0.282. The van der Waals surface area contributed by atoms with Crippen molar-refractivity contribution in [3.8, 4) is 0 Å². The average Bonchev–Trinajstić information content (AvgIpc) is 2.79. The molecule has 2 aromatic carbocycles. The Morgan fingerprint density at radius 2 is 1.48 bits per heavy atom. The first-order chi connectivity index (χ1) is 10.3. The second-order valence-corrected chi connectivity index (χ2v) is 6.42. The van der Waals surface area contributed by atoms with Crippen LogP contribution in [0.4, 0.5) is 11.4 Å². The summed E-state index contributed by atoms with van der Waals surface area (Å²) in [6.45, 7) is 2.35. The summed E-state index contributed by atoms with van der Waals surface area (Å²) in [5, 5.41) is 0. The molecule has 1 fully saturated rings. The molecule has 0 atom stereocenters. The number of para-hydroxylation sites is 2. The second-order valence-electron chi connectivity index (χ2n) is 6.42. The van der Waals surface area contributed by atoms with Gasteiger partial charge < -0.3 is 0 Å². The maximum absolute atomic E-state index is 2.49. The van der Waals surface area contributed by atoms with Crippen molar-refractivity contribution in [2.45, 2.75) is 44.4 Å². The smallest absolute Gasteiger partial charge is 0.161 e. The third-order valence-electron chi connectivity index (χ3n) is 5.41. The van der Waals surface area contributed by atoms with Crippen LogP contribution in [0.3, 0.4) is 0 Å². The van der Waals surface area contributed by atoms with E-state index in [1.165, 1.54) is 49.2 Å². The van der Waals surface area contributed by atoms with Gasteiger partial charge >= 0.3 is 0 Å². The van der Waals surface area contributed by atoms with E-state index in [0.717, 1.165) is 0 Å². The van der Waals surface area contributed by atoms with Gasteiger partial charge in [0.15, 0.2) is 5.71 Å². The van der Waals surface area contributed by atoms with Gasteiger partial charge in [-0.2, -0.15) is 4.58 Å². The molecule has 0 radical (unpaired) electrons. The monoisotopic (exact) mass is 276 g/mol. The van der Waals surface area contributed by atoms with Crippen LogP contribution in [-0.4, -0.2) is 5.71 Å². The van der Waals surface area contributed by atoms with E-state index in [1.54, 1.807) is 5.56 Å². The Labute approximate surface area is 127 Å². The Bertz CT molecular complexity index is 691. The van der Waals surface area contributed by atoms with Gasteiger partial charge in [-0.1, -0.05) is 55.7 Å². The van der Waals surface area contributed by atoms with E-state index < -0.39 is 0 Å². The quantitative estimate of drug-likeness (QED) is 0.630. The third kappa shape index (κ3) is 1.80. The highest BCUT2D eigenvalue weighted by Crippen LogP contribution is 2.49. The lowest BCUT2D eigenvalue weighted by atomic mass is 9.68. The lowest BCUT2D eigenvalue weighted by Gasteiger charge is -2.31. The van der Waals surface area contributed by atoms with Gasteiger partial charge in [-0.05, 0) is 12.8 Å². The molecule has 106 valence electrons. The molecule has 1 heterocycles. The topological polar surface area (TPSA) is 3.01 Å². The maximum Gasteiger partial charge on any atom is 0.215 e. The molecule has 1 saturated carbocycles. The fraction of sp³-hybridized carbons (Fsp3) is 0.350. The first-order valence-electron chi connectivity index (χ1n) is 8.12. The number of hydrogen-bond acceptors (Lipinski definition) is 0. The molecule has 1 spiro atoms. The molecule has 1 aliphatic carbocycles. The molecule has 0 amide bonds. The number of nitrogens with zero attached hydrogens (tertiary/aromatic N) is 1. The molecule has 0 saturated heterocycles. The molecule has 1 nitrogen and oxygen atoms in total. The molecule has 2 aliphatic rings. The van der Waals surface area contributed by atoms with E-state index in [1.807, 2.05) is 0 Å². The predicted molar refractivity (Wildman–Crippen MR) is 89.8 cm³/mol. The molecular formula is C20H22N+. The highest BCUT2D eigenvalue weighted by atomic mass is 15.1. The standard InChI is InChI=1S/C20H22N/c1-16-20(14-8-3-9-15-20)18-12-6-7-13-19(18)21(16)17-10-4-2-5-11-17/h2,4-7,10-13H,3,8-9,14-15H2,1H3/q+1. The van der Waals surface area contributed by atoms with Crippen molar-refractivity contribution in [3.05, 3.63) is 60.2 Å². The van der Waals surface area contributed by atoms with Gasteiger partial charge in [-0.15, -0.1) is 0 Å². The summed E-state index contributed by atoms with van der Waals surface area (Å²) in [6.07, 6.45) is 6.71. The van der Waals surface area contributed by atoms with Crippen molar-refractivity contribution in [2.24, 2.45) is 0 Å². The zero-order valence-electron chi connectivity index (χ0n) is 12.7. The Hall–Kier alpha value is -1.89. The summed E-state index contributed by atoms with van der Waals surface area (Å²) in [4.78, 5) is 0. The summed E-state index contributed by atoms with van der Waals surface area (Å²) < 4.78 is 2.49. The van der Waals surface area contributed by atoms with E-state index in [9.17, 15) is 0 Å². The van der Waals surface area contributed by atoms with Crippen LogP contribution in [0.2, 0.25) is 0 Å². The molecule has 1 aliphatic heterocycles. The van der Waals surface area contributed by atoms with Crippen molar-refractivity contribution in [1.29, 1.82) is 0 Å². The highest BCUT2D eigenvalue weighted by molar-refractivity contribution is 6.02. The van der Waals surface area contributed by atoms with Crippen molar-refractivity contribution >= 4 is 17.1 Å². The SMILES string of the molecule is CC1=[N+](c2ccccc2)c2ccccc2C12CCCCC2. The largest absolute Gasteiger partial charge is 0.215 e. The van der Waals surface area contributed by atoms with E-state index in [-0.39, 0.29) is 5.41 Å². The van der Waals surface area contributed by atoms with E-state index in [4.69, 9.17) is 0 Å². The van der Waals surface area contributed by atoms with Gasteiger partial charge in [0.25, 0.3) is 0 Å². The van der Waals surface area contributed by atoms with E-state index >= 15 is 0 Å². The van der Waals surface area contributed by atoms with Crippen molar-refractivity contribution < 1.29 is 0 Å². The van der Waals surface area contributed by atoms with Gasteiger partial charge in [0.1, 0.15) is 0 Å². The third-order valence-corrected chi connectivity index (χ3v) is 5.41. The normalized spacial score (nSPS) is 19.9. The molecule has 0 bridgehead atoms. The van der Waals surface area contributed by atoms with Crippen LogP contribution in [0, 0.1) is 0 Å². The minimum Gasteiger partial charge on any atom is -0.161 e. The fourth-order valence-electron chi connectivity index (χ4n) is 4.36. The van der Waals surface area contributed by atoms with Crippen LogP contribution in [0.5, 0.6) is 0 Å². The zero-order valence-corrected chi connectivity index (χ0v) is 12.7. The van der Waals surface area contributed by atoms with Gasteiger partial charge in [0.05, 0.1) is 5.41 Å². The number of benzene rings is 2.